The summed E-state index contributed by atoms with van der Waals surface area (Å²) >= 11 is 0. The maximum Gasteiger partial charge on any atom is 0.356 e. The van der Waals surface area contributed by atoms with Crippen molar-refractivity contribution >= 4 is 16.9 Å². The first-order chi connectivity index (χ1) is 12.7. The van der Waals surface area contributed by atoms with Gasteiger partial charge in [0.1, 0.15) is 18.1 Å². The van der Waals surface area contributed by atoms with E-state index in [1.165, 1.54) is 0 Å². The number of rotatable bonds is 4. The van der Waals surface area contributed by atoms with Crippen LogP contribution in [-0.4, -0.2) is 26.1 Å². The highest BCUT2D eigenvalue weighted by atomic mass is 16.5. The molecule has 0 aliphatic carbocycles. The predicted molar refractivity (Wildman–Crippen MR) is 95.5 cm³/mol. The third-order valence-corrected chi connectivity index (χ3v) is 3.87. The molecule has 0 spiro atoms. The molecule has 2 aromatic heterocycles. The Morgan fingerprint density at radius 3 is 2.65 bits per heavy atom. The Hall–Kier alpha value is -3.74. The van der Waals surface area contributed by atoms with E-state index in [0.29, 0.717) is 16.6 Å². The summed E-state index contributed by atoms with van der Waals surface area (Å²) in [6.45, 7) is -0.140. The van der Waals surface area contributed by atoms with Gasteiger partial charge in [-0.3, -0.25) is 9.89 Å². The fraction of sp³-hybridized carbons (Fsp3) is 0.0526. The number of benzene rings is 2. The molecule has 26 heavy (non-hydrogen) atoms. The molecule has 7 heteroatoms. The van der Waals surface area contributed by atoms with Gasteiger partial charge in [-0.2, -0.15) is 5.10 Å². The molecule has 0 aliphatic rings. The third kappa shape index (κ3) is 3.10. The van der Waals surface area contributed by atoms with Crippen LogP contribution >= 0.6 is 0 Å². The van der Waals surface area contributed by atoms with Gasteiger partial charge in [0.15, 0.2) is 0 Å². The Morgan fingerprint density at radius 1 is 1.04 bits per heavy atom. The van der Waals surface area contributed by atoms with Gasteiger partial charge in [-0.05, 0) is 18.2 Å². The van der Waals surface area contributed by atoms with Crippen molar-refractivity contribution in [1.82, 2.24) is 20.2 Å². The van der Waals surface area contributed by atoms with Crippen LogP contribution in [0.2, 0.25) is 0 Å². The van der Waals surface area contributed by atoms with Crippen LogP contribution in [0.3, 0.4) is 0 Å². The number of fused-ring (bicyclic) bond motifs is 1. The lowest BCUT2D eigenvalue weighted by atomic mass is 10.1. The first-order valence-corrected chi connectivity index (χ1v) is 7.96. The average Bonchev–Trinajstić information content (AvgIpc) is 3.17. The van der Waals surface area contributed by atoms with Gasteiger partial charge in [-0.25, -0.2) is 9.78 Å². The summed E-state index contributed by atoms with van der Waals surface area (Å²) in [7, 11) is 0. The lowest BCUT2D eigenvalue weighted by molar-refractivity contribution is 0.0455. The maximum atomic E-state index is 12.2. The highest BCUT2D eigenvalue weighted by molar-refractivity contribution is 5.88. The standard InChI is InChI=1S/C19H14N4O3/c24-18-13-8-4-5-9-14(13)20-17(21-18)11-26-19(25)16-10-15(22-23-16)12-6-2-1-3-7-12/h1-10H,11H2,(H,22,23)(H,20,21,24). The lowest BCUT2D eigenvalue weighted by Crippen LogP contribution is -2.14. The van der Waals surface area contributed by atoms with E-state index < -0.39 is 5.97 Å². The molecule has 0 bridgehead atoms. The lowest BCUT2D eigenvalue weighted by Gasteiger charge is -2.04. The molecular formula is C19H14N4O3. The molecule has 4 aromatic rings. The number of hydrogen-bond donors (Lipinski definition) is 2. The van der Waals surface area contributed by atoms with Crippen molar-refractivity contribution in [3.63, 3.8) is 0 Å². The van der Waals surface area contributed by atoms with E-state index in [1.54, 1.807) is 30.3 Å². The minimum absolute atomic E-state index is 0.140. The zero-order chi connectivity index (χ0) is 17.9. The average molecular weight is 346 g/mol. The normalized spacial score (nSPS) is 10.8. The molecule has 0 atom stereocenters. The number of aromatic amines is 2. The van der Waals surface area contributed by atoms with Gasteiger partial charge in [-0.15, -0.1) is 0 Å². The largest absolute Gasteiger partial charge is 0.453 e. The zero-order valence-electron chi connectivity index (χ0n) is 13.6. The minimum atomic E-state index is -0.574. The summed E-state index contributed by atoms with van der Waals surface area (Å²) in [5.74, 6) is -0.291. The predicted octanol–water partition coefficient (Wildman–Crippen LogP) is 2.67. The Kier molecular flexibility index (Phi) is 4.03. The van der Waals surface area contributed by atoms with Gasteiger partial charge in [0, 0.05) is 5.56 Å². The summed E-state index contributed by atoms with van der Waals surface area (Å²) < 4.78 is 5.22. The Balaban J connectivity index is 1.49. The van der Waals surface area contributed by atoms with Crippen LogP contribution in [0.25, 0.3) is 22.2 Å². The number of H-pyrrole nitrogens is 2. The van der Waals surface area contributed by atoms with E-state index >= 15 is 0 Å². The molecule has 7 nitrogen and oxygen atoms in total. The van der Waals surface area contributed by atoms with Crippen LogP contribution in [0.1, 0.15) is 16.3 Å². The number of carbonyl (C=O) groups excluding carboxylic acids is 1. The molecule has 2 N–H and O–H groups in total. The molecule has 0 unspecified atom stereocenters. The Morgan fingerprint density at radius 2 is 1.81 bits per heavy atom. The van der Waals surface area contributed by atoms with Crippen molar-refractivity contribution in [2.75, 3.05) is 0 Å². The van der Waals surface area contributed by atoms with Crippen LogP contribution in [0, 0.1) is 0 Å². The molecule has 128 valence electrons. The summed E-state index contributed by atoms with van der Waals surface area (Å²) in [5, 5.41) is 7.27. The molecular weight excluding hydrogens is 332 g/mol. The number of hydrogen-bond acceptors (Lipinski definition) is 5. The molecule has 2 heterocycles. The van der Waals surface area contributed by atoms with Crippen molar-refractivity contribution in [1.29, 1.82) is 0 Å². The molecule has 0 amide bonds. The highest BCUT2D eigenvalue weighted by Crippen LogP contribution is 2.17. The van der Waals surface area contributed by atoms with E-state index in [1.807, 2.05) is 30.3 Å². The molecule has 2 aromatic carbocycles. The third-order valence-electron chi connectivity index (χ3n) is 3.87. The number of carbonyl (C=O) groups is 1. The molecule has 4 rings (SSSR count). The summed E-state index contributed by atoms with van der Waals surface area (Å²) in [4.78, 5) is 31.1. The van der Waals surface area contributed by atoms with Gasteiger partial charge < -0.3 is 9.72 Å². The fourth-order valence-electron chi connectivity index (χ4n) is 2.60. The first-order valence-electron chi connectivity index (χ1n) is 7.96. The smallest absolute Gasteiger partial charge is 0.356 e. The van der Waals surface area contributed by atoms with Gasteiger partial charge in [-0.1, -0.05) is 42.5 Å². The van der Waals surface area contributed by atoms with Crippen LogP contribution in [0.4, 0.5) is 0 Å². The topological polar surface area (TPSA) is 101 Å². The Labute approximate surface area is 147 Å². The quantitative estimate of drug-likeness (QED) is 0.553. The van der Waals surface area contributed by atoms with Gasteiger partial charge >= 0.3 is 5.97 Å². The van der Waals surface area contributed by atoms with Gasteiger partial charge in [0.2, 0.25) is 0 Å². The second-order valence-electron chi connectivity index (χ2n) is 5.64. The maximum absolute atomic E-state index is 12.2. The van der Waals surface area contributed by atoms with Crippen molar-refractivity contribution in [2.45, 2.75) is 6.61 Å². The van der Waals surface area contributed by atoms with E-state index in [0.717, 1.165) is 5.56 Å². The molecule has 0 saturated carbocycles. The van der Waals surface area contributed by atoms with Gasteiger partial charge in [0.05, 0.1) is 16.6 Å². The number of aromatic nitrogens is 4. The minimum Gasteiger partial charge on any atom is -0.453 e. The zero-order valence-corrected chi connectivity index (χ0v) is 13.6. The van der Waals surface area contributed by atoms with Crippen LogP contribution in [0.5, 0.6) is 0 Å². The fourth-order valence-corrected chi connectivity index (χ4v) is 2.60. The number of para-hydroxylation sites is 1. The van der Waals surface area contributed by atoms with Crippen molar-refractivity contribution in [3.05, 3.63) is 82.5 Å². The van der Waals surface area contributed by atoms with E-state index in [9.17, 15) is 9.59 Å². The monoisotopic (exact) mass is 346 g/mol. The highest BCUT2D eigenvalue weighted by Gasteiger charge is 2.13. The van der Waals surface area contributed by atoms with Crippen LogP contribution in [-0.2, 0) is 11.3 Å². The number of nitrogens with zero attached hydrogens (tertiary/aromatic N) is 2. The molecule has 0 fully saturated rings. The Bertz CT molecular complexity index is 1130. The van der Waals surface area contributed by atoms with E-state index in [-0.39, 0.29) is 23.7 Å². The van der Waals surface area contributed by atoms with E-state index in [4.69, 9.17) is 4.74 Å². The summed E-state index contributed by atoms with van der Waals surface area (Å²) in [5.41, 5.74) is 2.05. The molecule has 0 radical (unpaired) electrons. The second-order valence-corrected chi connectivity index (χ2v) is 5.64. The van der Waals surface area contributed by atoms with Gasteiger partial charge in [0.25, 0.3) is 5.56 Å². The van der Waals surface area contributed by atoms with Crippen molar-refractivity contribution < 1.29 is 9.53 Å². The van der Waals surface area contributed by atoms with Crippen LogP contribution < -0.4 is 5.56 Å². The number of nitrogens with one attached hydrogen (secondary N) is 2. The second kappa shape index (κ2) is 6.64. The van der Waals surface area contributed by atoms with Crippen molar-refractivity contribution in [2.24, 2.45) is 0 Å². The van der Waals surface area contributed by atoms with Crippen molar-refractivity contribution in [3.8, 4) is 11.3 Å². The first kappa shape index (κ1) is 15.8. The molecule has 0 aliphatic heterocycles. The van der Waals surface area contributed by atoms with E-state index in [2.05, 4.69) is 20.2 Å². The summed E-state index contributed by atoms with van der Waals surface area (Å²) in [6.07, 6.45) is 0. The summed E-state index contributed by atoms with van der Waals surface area (Å²) in [6, 6.07) is 18.1. The molecule has 0 saturated heterocycles. The van der Waals surface area contributed by atoms with Crippen LogP contribution in [0.15, 0.2) is 65.5 Å². The number of ether oxygens (including phenoxy) is 1. The number of esters is 1. The SMILES string of the molecule is O=C(OCc1nc2ccccc2c(=O)[nH]1)c1cc(-c2ccccc2)n[nH]1.